The number of fused-ring (bicyclic) bond motifs is 1. The molecular weight excluding hydrogens is 248 g/mol. The molecule has 5 rings (SSSR count). The SMILES string of the molecule is NNC(=O)C1CC2c3ccccc3C1c1ccccc12. The van der Waals surface area contributed by atoms with E-state index in [2.05, 4.69) is 54.0 Å². The van der Waals surface area contributed by atoms with Gasteiger partial charge in [0.15, 0.2) is 0 Å². The summed E-state index contributed by atoms with van der Waals surface area (Å²) in [5.41, 5.74) is 7.66. The summed E-state index contributed by atoms with van der Waals surface area (Å²) in [6, 6.07) is 17.0. The van der Waals surface area contributed by atoms with Crippen LogP contribution >= 0.6 is 0 Å². The van der Waals surface area contributed by atoms with Gasteiger partial charge in [-0.1, -0.05) is 48.5 Å². The fourth-order valence-electron chi connectivity index (χ4n) is 4.00. The van der Waals surface area contributed by atoms with Crippen LogP contribution in [0.25, 0.3) is 0 Å². The third-order valence-corrected chi connectivity index (χ3v) is 4.78. The zero-order chi connectivity index (χ0) is 13.7. The normalized spacial score (nSPS) is 25.8. The number of hydrogen-bond donors (Lipinski definition) is 2. The average Bonchev–Trinajstić information content (AvgIpc) is 2.54. The molecule has 1 unspecified atom stereocenters. The van der Waals surface area contributed by atoms with Crippen LogP contribution in [-0.2, 0) is 4.79 Å². The molecule has 0 fully saturated rings. The van der Waals surface area contributed by atoms with Crippen molar-refractivity contribution in [3.8, 4) is 0 Å². The molecule has 0 radical (unpaired) electrons. The van der Waals surface area contributed by atoms with Crippen LogP contribution in [0.1, 0.15) is 40.5 Å². The first-order chi connectivity index (χ1) is 9.81. The molecule has 0 saturated heterocycles. The Labute approximate surface area is 117 Å². The number of hydrazine groups is 1. The van der Waals surface area contributed by atoms with E-state index in [1.54, 1.807) is 0 Å². The molecule has 0 heterocycles. The Hall–Kier alpha value is -2.13. The lowest BCUT2D eigenvalue weighted by Crippen LogP contribution is -2.44. The van der Waals surface area contributed by atoms with E-state index in [9.17, 15) is 4.79 Å². The van der Waals surface area contributed by atoms with Crippen molar-refractivity contribution >= 4 is 5.91 Å². The summed E-state index contributed by atoms with van der Waals surface area (Å²) in [6.07, 6.45) is 0.849. The molecular formula is C17H16N2O. The monoisotopic (exact) mass is 264 g/mol. The van der Waals surface area contributed by atoms with Crippen molar-refractivity contribution in [1.82, 2.24) is 5.43 Å². The van der Waals surface area contributed by atoms with Gasteiger partial charge in [-0.25, -0.2) is 5.84 Å². The summed E-state index contributed by atoms with van der Waals surface area (Å²) in [5.74, 6) is 5.71. The number of benzene rings is 2. The predicted molar refractivity (Wildman–Crippen MR) is 77.0 cm³/mol. The van der Waals surface area contributed by atoms with Crippen molar-refractivity contribution < 1.29 is 4.79 Å². The van der Waals surface area contributed by atoms with E-state index in [0.717, 1.165) is 6.42 Å². The summed E-state index contributed by atoms with van der Waals surface area (Å²) < 4.78 is 0. The number of carbonyl (C=O) groups is 1. The van der Waals surface area contributed by atoms with Crippen molar-refractivity contribution in [2.45, 2.75) is 18.3 Å². The van der Waals surface area contributed by atoms with Gasteiger partial charge in [-0.15, -0.1) is 0 Å². The Bertz CT molecular complexity index is 647. The largest absolute Gasteiger partial charge is 0.294 e. The van der Waals surface area contributed by atoms with E-state index in [4.69, 9.17) is 5.84 Å². The van der Waals surface area contributed by atoms with E-state index < -0.39 is 0 Å². The Kier molecular flexibility index (Phi) is 2.44. The van der Waals surface area contributed by atoms with Gasteiger partial charge in [-0.2, -0.15) is 0 Å². The van der Waals surface area contributed by atoms with Gasteiger partial charge < -0.3 is 0 Å². The van der Waals surface area contributed by atoms with Gasteiger partial charge in [0.25, 0.3) is 0 Å². The maximum atomic E-state index is 12.1. The van der Waals surface area contributed by atoms with Crippen molar-refractivity contribution in [3.05, 3.63) is 70.8 Å². The van der Waals surface area contributed by atoms with Crippen molar-refractivity contribution in [1.29, 1.82) is 0 Å². The molecule has 100 valence electrons. The fourth-order valence-corrected chi connectivity index (χ4v) is 4.00. The van der Waals surface area contributed by atoms with Gasteiger partial charge in [-0.3, -0.25) is 10.2 Å². The molecule has 3 N–H and O–H groups in total. The van der Waals surface area contributed by atoms with E-state index in [1.807, 2.05) is 0 Å². The van der Waals surface area contributed by atoms with Crippen LogP contribution in [0.15, 0.2) is 48.5 Å². The highest BCUT2D eigenvalue weighted by atomic mass is 16.2. The van der Waals surface area contributed by atoms with Crippen molar-refractivity contribution in [2.24, 2.45) is 11.8 Å². The molecule has 0 aromatic heterocycles. The van der Waals surface area contributed by atoms with Gasteiger partial charge in [-0.05, 0) is 28.7 Å². The molecule has 0 saturated carbocycles. The minimum atomic E-state index is -0.0604. The molecule has 3 aliphatic rings. The third kappa shape index (κ3) is 1.41. The van der Waals surface area contributed by atoms with Gasteiger partial charge in [0.2, 0.25) is 5.91 Å². The summed E-state index contributed by atoms with van der Waals surface area (Å²) >= 11 is 0. The van der Waals surface area contributed by atoms with Crippen LogP contribution < -0.4 is 11.3 Å². The lowest BCUT2D eigenvalue weighted by molar-refractivity contribution is -0.126. The molecule has 2 aromatic carbocycles. The van der Waals surface area contributed by atoms with Crippen LogP contribution in [0.2, 0.25) is 0 Å². The first-order valence-electron chi connectivity index (χ1n) is 6.99. The molecule has 3 nitrogen and oxygen atoms in total. The number of hydrogen-bond acceptors (Lipinski definition) is 2. The zero-order valence-corrected chi connectivity index (χ0v) is 11.0. The molecule has 20 heavy (non-hydrogen) atoms. The van der Waals surface area contributed by atoms with E-state index in [-0.39, 0.29) is 17.7 Å². The number of nitrogens with two attached hydrogens (primary N) is 1. The first-order valence-corrected chi connectivity index (χ1v) is 6.99. The second-order valence-electron chi connectivity index (χ2n) is 5.64. The maximum Gasteiger partial charge on any atom is 0.237 e. The summed E-state index contributed by atoms with van der Waals surface area (Å²) in [4.78, 5) is 12.1. The standard InChI is InChI=1S/C17H16N2O/c18-19-17(20)15-9-14-10-5-1-3-7-12(10)16(15)13-8-4-2-6-11(13)14/h1-8,14-16H,9,18H2,(H,19,20). The molecule has 1 amide bonds. The van der Waals surface area contributed by atoms with Crippen LogP contribution in [0.3, 0.4) is 0 Å². The maximum absolute atomic E-state index is 12.1. The average molecular weight is 264 g/mol. The van der Waals surface area contributed by atoms with Crippen molar-refractivity contribution in [2.75, 3.05) is 0 Å². The van der Waals surface area contributed by atoms with Gasteiger partial charge in [0, 0.05) is 11.8 Å². The summed E-state index contributed by atoms with van der Waals surface area (Å²) in [5, 5.41) is 0. The topological polar surface area (TPSA) is 55.1 Å². The van der Waals surface area contributed by atoms with E-state index in [1.165, 1.54) is 22.3 Å². The molecule has 2 aromatic rings. The third-order valence-electron chi connectivity index (χ3n) is 4.78. The number of carbonyl (C=O) groups excluding carboxylic acids is 1. The lowest BCUT2D eigenvalue weighted by atomic mass is 9.59. The van der Waals surface area contributed by atoms with Crippen LogP contribution in [0.4, 0.5) is 0 Å². The smallest absolute Gasteiger partial charge is 0.237 e. The van der Waals surface area contributed by atoms with Gasteiger partial charge >= 0.3 is 0 Å². The van der Waals surface area contributed by atoms with Gasteiger partial charge in [0.1, 0.15) is 0 Å². The first kappa shape index (κ1) is 11.7. The van der Waals surface area contributed by atoms with Gasteiger partial charge in [0.05, 0.1) is 5.92 Å². The Morgan fingerprint density at radius 2 is 1.45 bits per heavy atom. The molecule has 3 aliphatic carbocycles. The highest BCUT2D eigenvalue weighted by molar-refractivity contribution is 5.82. The zero-order valence-electron chi connectivity index (χ0n) is 11.0. The number of rotatable bonds is 1. The summed E-state index contributed by atoms with van der Waals surface area (Å²) in [7, 11) is 0. The Balaban J connectivity index is 1.95. The predicted octanol–water partition coefficient (Wildman–Crippen LogP) is 2.27. The van der Waals surface area contributed by atoms with E-state index in [0.29, 0.717) is 5.92 Å². The minimum Gasteiger partial charge on any atom is -0.294 e. The number of nitrogens with one attached hydrogen (secondary N) is 1. The van der Waals surface area contributed by atoms with Crippen LogP contribution in [0, 0.1) is 5.92 Å². The van der Waals surface area contributed by atoms with Crippen LogP contribution in [-0.4, -0.2) is 5.91 Å². The molecule has 3 heteroatoms. The Morgan fingerprint density at radius 1 is 0.950 bits per heavy atom. The molecule has 1 atom stereocenters. The van der Waals surface area contributed by atoms with Crippen molar-refractivity contribution in [3.63, 3.8) is 0 Å². The number of amides is 1. The lowest BCUT2D eigenvalue weighted by Gasteiger charge is -2.44. The van der Waals surface area contributed by atoms with E-state index >= 15 is 0 Å². The minimum absolute atomic E-state index is 0.0518. The quantitative estimate of drug-likeness (QED) is 0.471. The second kappa shape index (κ2) is 4.18. The summed E-state index contributed by atoms with van der Waals surface area (Å²) in [6.45, 7) is 0. The molecule has 0 spiro atoms. The van der Waals surface area contributed by atoms with Crippen LogP contribution in [0.5, 0.6) is 0 Å². The highest BCUT2D eigenvalue weighted by Crippen LogP contribution is 2.55. The highest BCUT2D eigenvalue weighted by Gasteiger charge is 2.45. The second-order valence-corrected chi connectivity index (χ2v) is 5.64. The fraction of sp³-hybridized carbons (Fsp3) is 0.235. The molecule has 2 bridgehead atoms. The molecule has 0 aliphatic heterocycles. The Morgan fingerprint density at radius 3 is 1.95 bits per heavy atom.